The Morgan fingerprint density at radius 2 is 1.66 bits per heavy atom. The minimum absolute atomic E-state index is 0.0398. The topological polar surface area (TPSA) is 78.5 Å². The van der Waals surface area contributed by atoms with Crippen molar-refractivity contribution in [2.45, 2.75) is 23.9 Å². The predicted octanol–water partition coefficient (Wildman–Crippen LogP) is 3.63. The highest BCUT2D eigenvalue weighted by Gasteiger charge is 2.24. The number of nitrogens with one attached hydrogen (secondary N) is 2. The number of amides is 1. The quantitative estimate of drug-likeness (QED) is 0.573. The lowest BCUT2D eigenvalue weighted by molar-refractivity contribution is 0.0937. The molecule has 1 amide bonds. The molecule has 2 N–H and O–H groups in total. The van der Waals surface area contributed by atoms with E-state index in [1.54, 1.807) is 12.1 Å². The Bertz CT molecular complexity index is 1170. The molecule has 0 aromatic heterocycles. The maximum Gasteiger partial charge on any atom is 0.261 e. The zero-order valence-electron chi connectivity index (χ0n) is 17.4. The Hall–Kier alpha value is -3.23. The smallest absolute Gasteiger partial charge is 0.261 e. The van der Waals surface area contributed by atoms with Crippen LogP contribution in [0.3, 0.4) is 0 Å². The second-order valence-corrected chi connectivity index (χ2v) is 9.50. The minimum atomic E-state index is -3.84. The normalized spacial score (nSPS) is 16.6. The zero-order valence-corrected chi connectivity index (χ0v) is 18.2. The molecule has 1 saturated heterocycles. The fraction of sp³-hybridized carbons (Fsp3) is 0.208. The summed E-state index contributed by atoms with van der Waals surface area (Å²) < 4.78 is 40.3. The summed E-state index contributed by atoms with van der Waals surface area (Å²) in [5, 5.41) is 3.05. The highest BCUT2D eigenvalue weighted by molar-refractivity contribution is 7.92. The van der Waals surface area contributed by atoms with Crippen molar-refractivity contribution < 1.29 is 17.6 Å². The van der Waals surface area contributed by atoms with Gasteiger partial charge in [0, 0.05) is 36.9 Å². The molecule has 3 aromatic carbocycles. The summed E-state index contributed by atoms with van der Waals surface area (Å²) >= 11 is 0. The first-order chi connectivity index (χ1) is 15.4. The van der Waals surface area contributed by atoms with Crippen LogP contribution in [0.4, 0.5) is 10.1 Å². The third-order valence-corrected chi connectivity index (χ3v) is 6.78. The minimum Gasteiger partial charge on any atom is -0.348 e. The van der Waals surface area contributed by atoms with Crippen molar-refractivity contribution in [1.82, 2.24) is 10.2 Å². The molecule has 6 nitrogen and oxygen atoms in total. The van der Waals surface area contributed by atoms with Crippen LogP contribution in [0, 0.1) is 5.82 Å². The SMILES string of the molecule is O=C(N[C@@H]1CCN(Cc2ccccc2)C1)c1ccc(NS(=O)(=O)c2ccc(F)cc2)cc1. The summed E-state index contributed by atoms with van der Waals surface area (Å²) in [5.74, 6) is -0.700. The molecule has 0 spiro atoms. The predicted molar refractivity (Wildman–Crippen MR) is 121 cm³/mol. The summed E-state index contributed by atoms with van der Waals surface area (Å²) in [6.45, 7) is 2.57. The van der Waals surface area contributed by atoms with Crippen LogP contribution in [-0.4, -0.2) is 38.4 Å². The molecule has 0 bridgehead atoms. The van der Waals surface area contributed by atoms with Gasteiger partial charge < -0.3 is 5.32 Å². The van der Waals surface area contributed by atoms with Gasteiger partial charge >= 0.3 is 0 Å². The van der Waals surface area contributed by atoms with Gasteiger partial charge in [0.05, 0.1) is 4.90 Å². The van der Waals surface area contributed by atoms with Crippen LogP contribution < -0.4 is 10.0 Å². The van der Waals surface area contributed by atoms with Gasteiger partial charge in [-0.3, -0.25) is 14.4 Å². The molecular formula is C24H24FN3O3S. The third-order valence-electron chi connectivity index (χ3n) is 5.38. The molecule has 166 valence electrons. The molecule has 0 saturated carbocycles. The molecule has 32 heavy (non-hydrogen) atoms. The lowest BCUT2D eigenvalue weighted by Crippen LogP contribution is -2.36. The van der Waals surface area contributed by atoms with Gasteiger partial charge in [-0.05, 0) is 60.5 Å². The number of carbonyl (C=O) groups excluding carboxylic acids is 1. The summed E-state index contributed by atoms with van der Waals surface area (Å²) in [5.41, 5.74) is 2.02. The van der Waals surface area contributed by atoms with Crippen molar-refractivity contribution in [3.8, 4) is 0 Å². The molecule has 0 aliphatic carbocycles. The van der Waals surface area contributed by atoms with E-state index in [0.717, 1.165) is 38.2 Å². The Morgan fingerprint density at radius 3 is 2.34 bits per heavy atom. The summed E-state index contributed by atoms with van der Waals surface area (Å²) in [4.78, 5) is 14.9. The van der Waals surface area contributed by atoms with Crippen molar-refractivity contribution in [1.29, 1.82) is 0 Å². The zero-order chi connectivity index (χ0) is 22.6. The van der Waals surface area contributed by atoms with Crippen molar-refractivity contribution in [2.24, 2.45) is 0 Å². The number of benzene rings is 3. The Balaban J connectivity index is 1.32. The molecular weight excluding hydrogens is 429 g/mol. The highest BCUT2D eigenvalue weighted by Crippen LogP contribution is 2.18. The third kappa shape index (κ3) is 5.52. The first-order valence-electron chi connectivity index (χ1n) is 10.3. The van der Waals surface area contributed by atoms with E-state index in [2.05, 4.69) is 27.1 Å². The fourth-order valence-corrected chi connectivity index (χ4v) is 4.78. The number of hydrogen-bond donors (Lipinski definition) is 2. The van der Waals surface area contributed by atoms with Gasteiger partial charge in [-0.1, -0.05) is 30.3 Å². The Labute approximate surface area is 187 Å². The van der Waals surface area contributed by atoms with Crippen LogP contribution in [0.5, 0.6) is 0 Å². The molecule has 1 fully saturated rings. The van der Waals surface area contributed by atoms with Crippen LogP contribution in [0.25, 0.3) is 0 Å². The second kappa shape index (κ2) is 9.50. The lowest BCUT2D eigenvalue weighted by atomic mass is 10.1. The van der Waals surface area contributed by atoms with Gasteiger partial charge in [0.2, 0.25) is 0 Å². The molecule has 1 heterocycles. The van der Waals surface area contributed by atoms with E-state index < -0.39 is 15.8 Å². The van der Waals surface area contributed by atoms with E-state index in [1.165, 1.54) is 29.8 Å². The first-order valence-corrected chi connectivity index (χ1v) is 11.8. The van der Waals surface area contributed by atoms with Crippen LogP contribution in [0.15, 0.2) is 83.8 Å². The molecule has 0 unspecified atom stereocenters. The average molecular weight is 454 g/mol. The largest absolute Gasteiger partial charge is 0.348 e. The van der Waals surface area contributed by atoms with Crippen LogP contribution in [0.2, 0.25) is 0 Å². The van der Waals surface area contributed by atoms with E-state index in [-0.39, 0.29) is 16.8 Å². The van der Waals surface area contributed by atoms with Gasteiger partial charge in [-0.15, -0.1) is 0 Å². The van der Waals surface area contributed by atoms with Crippen molar-refractivity contribution in [3.63, 3.8) is 0 Å². The number of likely N-dealkylation sites (tertiary alicyclic amines) is 1. The monoisotopic (exact) mass is 453 g/mol. The van der Waals surface area contributed by atoms with E-state index >= 15 is 0 Å². The van der Waals surface area contributed by atoms with E-state index in [0.29, 0.717) is 11.3 Å². The molecule has 1 aliphatic heterocycles. The summed E-state index contributed by atoms with van der Waals surface area (Å²) in [6, 6.07) is 21.1. The number of anilines is 1. The molecule has 8 heteroatoms. The fourth-order valence-electron chi connectivity index (χ4n) is 3.72. The van der Waals surface area contributed by atoms with Crippen LogP contribution in [0.1, 0.15) is 22.3 Å². The van der Waals surface area contributed by atoms with Gasteiger partial charge in [0.25, 0.3) is 15.9 Å². The van der Waals surface area contributed by atoms with E-state index in [9.17, 15) is 17.6 Å². The van der Waals surface area contributed by atoms with Gasteiger partial charge in [0.1, 0.15) is 5.82 Å². The number of rotatable bonds is 7. The van der Waals surface area contributed by atoms with Gasteiger partial charge in [-0.2, -0.15) is 0 Å². The van der Waals surface area contributed by atoms with E-state index in [1.807, 2.05) is 18.2 Å². The number of halogens is 1. The molecule has 4 rings (SSSR count). The average Bonchev–Trinajstić information content (AvgIpc) is 3.21. The first kappa shape index (κ1) is 22.0. The summed E-state index contributed by atoms with van der Waals surface area (Å²) in [6.07, 6.45) is 0.883. The van der Waals surface area contributed by atoms with Crippen molar-refractivity contribution in [3.05, 3.63) is 95.8 Å². The van der Waals surface area contributed by atoms with Crippen molar-refractivity contribution >= 4 is 21.6 Å². The Kier molecular flexibility index (Phi) is 6.53. The maximum atomic E-state index is 13.0. The van der Waals surface area contributed by atoms with Gasteiger partial charge in [0.15, 0.2) is 0 Å². The van der Waals surface area contributed by atoms with Crippen LogP contribution in [-0.2, 0) is 16.6 Å². The van der Waals surface area contributed by atoms with Gasteiger partial charge in [-0.25, -0.2) is 12.8 Å². The standard InChI is InChI=1S/C24H24FN3O3S/c25-20-8-12-23(13-9-20)32(30,31)27-21-10-6-19(7-11-21)24(29)26-22-14-15-28(17-22)16-18-4-2-1-3-5-18/h1-13,22,27H,14-17H2,(H,26,29)/t22-/m1/s1. The van der Waals surface area contributed by atoms with Crippen molar-refractivity contribution in [2.75, 3.05) is 17.8 Å². The number of hydrogen-bond acceptors (Lipinski definition) is 4. The lowest BCUT2D eigenvalue weighted by Gasteiger charge is -2.17. The number of sulfonamides is 1. The highest BCUT2D eigenvalue weighted by atomic mass is 32.2. The molecule has 1 atom stereocenters. The maximum absolute atomic E-state index is 13.0. The number of carbonyl (C=O) groups is 1. The molecule has 0 radical (unpaired) electrons. The molecule has 1 aliphatic rings. The Morgan fingerprint density at radius 1 is 0.969 bits per heavy atom. The number of nitrogens with zero attached hydrogens (tertiary/aromatic N) is 1. The summed E-state index contributed by atoms with van der Waals surface area (Å²) in [7, 11) is -3.84. The van der Waals surface area contributed by atoms with E-state index in [4.69, 9.17) is 0 Å². The molecule has 3 aromatic rings. The van der Waals surface area contributed by atoms with Crippen LogP contribution >= 0.6 is 0 Å². The second-order valence-electron chi connectivity index (χ2n) is 7.82.